The smallest absolute Gasteiger partial charge is 0.417 e. The van der Waals surface area contributed by atoms with Crippen molar-refractivity contribution in [3.05, 3.63) is 75.0 Å². The molecule has 0 aromatic heterocycles. The van der Waals surface area contributed by atoms with Crippen LogP contribution in [0, 0.1) is 5.82 Å². The average Bonchev–Trinajstić information content (AvgIpc) is 2.59. The second kappa shape index (κ2) is 8.13. The zero-order valence-electron chi connectivity index (χ0n) is 13.9. The fraction of sp³-hybridized carbons (Fsp3) is 0.167. The molecule has 2 nitrogen and oxygen atoms in total. The molecule has 156 valence electrons. The molecule has 2 rings (SSSR count). The van der Waals surface area contributed by atoms with E-state index in [0.717, 1.165) is 12.1 Å². The van der Waals surface area contributed by atoms with Gasteiger partial charge in [0, 0.05) is 5.56 Å². The fourth-order valence-electron chi connectivity index (χ4n) is 2.44. The van der Waals surface area contributed by atoms with E-state index in [2.05, 4.69) is 15.9 Å². The van der Waals surface area contributed by atoms with Gasteiger partial charge in [-0.3, -0.25) is 0 Å². The summed E-state index contributed by atoms with van der Waals surface area (Å²) in [6.45, 7) is 0. The minimum Gasteiger partial charge on any atom is -0.478 e. The first-order chi connectivity index (χ1) is 13.2. The molecule has 0 spiro atoms. The summed E-state index contributed by atoms with van der Waals surface area (Å²) in [4.78, 5) is 10.9. The van der Waals surface area contributed by atoms with Gasteiger partial charge in [0.1, 0.15) is 17.6 Å². The van der Waals surface area contributed by atoms with Gasteiger partial charge in [-0.25, -0.2) is 13.6 Å². The third-order valence-corrected chi connectivity index (χ3v) is 4.44. The molecule has 0 aliphatic carbocycles. The van der Waals surface area contributed by atoms with Crippen LogP contribution in [0.2, 0.25) is 0 Å². The number of benzene rings is 2. The highest BCUT2D eigenvalue weighted by atomic mass is 79.9. The number of halogens is 9. The Labute approximate surface area is 166 Å². The Kier molecular flexibility index (Phi) is 6.41. The van der Waals surface area contributed by atoms with Crippen LogP contribution in [0.3, 0.4) is 0 Å². The quantitative estimate of drug-likeness (QED) is 0.472. The second-order valence-corrected chi connectivity index (χ2v) is 6.63. The first kappa shape index (κ1) is 22.9. The maximum Gasteiger partial charge on any atom is 0.417 e. The molecule has 1 N–H and O–H groups in total. The molecule has 11 heteroatoms. The van der Waals surface area contributed by atoms with Crippen LogP contribution in [-0.4, -0.2) is 17.3 Å². The lowest BCUT2D eigenvalue weighted by atomic mass is 9.95. The molecule has 1 atom stereocenters. The summed E-state index contributed by atoms with van der Waals surface area (Å²) in [6, 6.07) is 3.52. The first-order valence-electron chi connectivity index (χ1n) is 7.55. The van der Waals surface area contributed by atoms with Crippen LogP contribution in [0.15, 0.2) is 46.9 Å². The van der Waals surface area contributed by atoms with E-state index in [-0.39, 0.29) is 16.6 Å². The van der Waals surface area contributed by atoms with E-state index < -0.39 is 58.1 Å². The lowest BCUT2D eigenvalue weighted by Gasteiger charge is -2.18. The highest BCUT2D eigenvalue weighted by Gasteiger charge is 2.40. The number of alkyl halides is 6. The van der Waals surface area contributed by atoms with Crippen LogP contribution in [-0.2, 0) is 6.18 Å². The van der Waals surface area contributed by atoms with Gasteiger partial charge in [-0.1, -0.05) is 12.1 Å². The summed E-state index contributed by atoms with van der Waals surface area (Å²) in [6.07, 6.45) is -10.3. The van der Waals surface area contributed by atoms with E-state index >= 15 is 0 Å². The van der Waals surface area contributed by atoms with Crippen molar-refractivity contribution in [3.8, 4) is 0 Å². The van der Waals surface area contributed by atoms with E-state index in [1.807, 2.05) is 0 Å². The lowest BCUT2D eigenvalue weighted by molar-refractivity contribution is -0.140. The number of hydrogen-bond acceptors (Lipinski definition) is 1. The van der Waals surface area contributed by atoms with Crippen LogP contribution in [0.5, 0.6) is 0 Å². The van der Waals surface area contributed by atoms with Crippen LogP contribution < -0.4 is 0 Å². The maximum absolute atomic E-state index is 14.4. The van der Waals surface area contributed by atoms with Crippen molar-refractivity contribution in [3.63, 3.8) is 0 Å². The highest BCUT2D eigenvalue weighted by Crippen LogP contribution is 2.40. The van der Waals surface area contributed by atoms with Crippen molar-refractivity contribution in [2.45, 2.75) is 18.3 Å². The van der Waals surface area contributed by atoms with E-state index in [4.69, 9.17) is 5.11 Å². The Bertz CT molecular complexity index is 963. The number of aromatic carboxylic acids is 1. The number of carbonyl (C=O) groups is 1. The number of carboxylic acids is 1. The Morgan fingerprint density at radius 3 is 2.14 bits per heavy atom. The van der Waals surface area contributed by atoms with Crippen molar-refractivity contribution in [2.75, 3.05) is 0 Å². The van der Waals surface area contributed by atoms with Gasteiger partial charge < -0.3 is 5.11 Å². The van der Waals surface area contributed by atoms with Crippen LogP contribution >= 0.6 is 15.9 Å². The molecule has 29 heavy (non-hydrogen) atoms. The fourth-order valence-corrected chi connectivity index (χ4v) is 2.69. The first-order valence-corrected chi connectivity index (χ1v) is 8.35. The van der Waals surface area contributed by atoms with Gasteiger partial charge in [-0.2, -0.15) is 26.3 Å². The number of rotatable bonds is 4. The molecule has 0 bridgehead atoms. The SMILES string of the molecule is O=C(O)c1ccc(/C(F)=C/C(c2ccc(Br)c(F)c2)C(F)(F)F)cc1C(F)(F)F. The Morgan fingerprint density at radius 1 is 1.03 bits per heavy atom. The van der Waals surface area contributed by atoms with Gasteiger partial charge in [-0.15, -0.1) is 0 Å². The van der Waals surface area contributed by atoms with Crippen molar-refractivity contribution in [1.82, 2.24) is 0 Å². The summed E-state index contributed by atoms with van der Waals surface area (Å²) in [7, 11) is 0. The molecular formula is C18H9BrF8O2. The van der Waals surface area contributed by atoms with Gasteiger partial charge in [-0.05, 0) is 51.8 Å². The molecule has 0 fully saturated rings. The van der Waals surface area contributed by atoms with Crippen molar-refractivity contribution < 1.29 is 45.0 Å². The van der Waals surface area contributed by atoms with E-state index in [9.17, 15) is 39.9 Å². The third-order valence-electron chi connectivity index (χ3n) is 3.80. The standard InChI is InChI=1S/C18H9BrF8O2/c19-13-4-2-8(6-15(13)21)11(17(22,23)24)7-14(20)9-1-3-10(16(28)29)12(5-9)18(25,26)27/h1-7,11H,(H,28,29)/b14-7-. The monoisotopic (exact) mass is 488 g/mol. The van der Waals surface area contributed by atoms with E-state index in [1.54, 1.807) is 0 Å². The predicted molar refractivity (Wildman–Crippen MR) is 90.4 cm³/mol. The number of hydrogen-bond donors (Lipinski definition) is 1. The average molecular weight is 489 g/mol. The minimum absolute atomic E-state index is 0.00138. The molecule has 0 saturated carbocycles. The highest BCUT2D eigenvalue weighted by molar-refractivity contribution is 9.10. The van der Waals surface area contributed by atoms with Crippen molar-refractivity contribution >= 4 is 27.7 Å². The molecule has 2 aromatic rings. The predicted octanol–water partition coefficient (Wildman–Crippen LogP) is 6.96. The topological polar surface area (TPSA) is 37.3 Å². The summed E-state index contributed by atoms with van der Waals surface area (Å²) < 4.78 is 107. The number of carboxylic acid groups (broad SMARTS) is 1. The summed E-state index contributed by atoms with van der Waals surface area (Å²) in [5.74, 6) is -7.32. The van der Waals surface area contributed by atoms with Gasteiger partial charge >= 0.3 is 18.3 Å². The molecular weight excluding hydrogens is 480 g/mol. The molecule has 1 unspecified atom stereocenters. The molecule has 0 saturated heterocycles. The van der Waals surface area contributed by atoms with Crippen LogP contribution in [0.4, 0.5) is 35.1 Å². The Balaban J connectivity index is 2.58. The van der Waals surface area contributed by atoms with E-state index in [0.29, 0.717) is 18.2 Å². The van der Waals surface area contributed by atoms with Gasteiger partial charge in [0.25, 0.3) is 0 Å². The molecule has 0 aliphatic rings. The normalized spacial score (nSPS) is 14.0. The largest absolute Gasteiger partial charge is 0.478 e. The molecule has 0 aliphatic heterocycles. The third kappa shape index (κ3) is 5.34. The molecule has 0 heterocycles. The van der Waals surface area contributed by atoms with Crippen LogP contribution in [0.1, 0.15) is 33.0 Å². The van der Waals surface area contributed by atoms with Gasteiger partial charge in [0.15, 0.2) is 0 Å². The lowest BCUT2D eigenvalue weighted by Crippen LogP contribution is -2.19. The maximum atomic E-state index is 14.4. The van der Waals surface area contributed by atoms with Gasteiger partial charge in [0.2, 0.25) is 0 Å². The summed E-state index contributed by atoms with van der Waals surface area (Å²) >= 11 is 2.76. The Hall–Kier alpha value is -2.43. The molecule has 0 radical (unpaired) electrons. The molecule has 0 amide bonds. The van der Waals surface area contributed by atoms with Crippen molar-refractivity contribution in [1.29, 1.82) is 0 Å². The second-order valence-electron chi connectivity index (χ2n) is 5.77. The van der Waals surface area contributed by atoms with Crippen LogP contribution in [0.25, 0.3) is 5.83 Å². The van der Waals surface area contributed by atoms with E-state index in [1.165, 1.54) is 0 Å². The van der Waals surface area contributed by atoms with Crippen molar-refractivity contribution in [2.24, 2.45) is 0 Å². The zero-order chi connectivity index (χ0) is 22.1. The minimum atomic E-state index is -5.18. The summed E-state index contributed by atoms with van der Waals surface area (Å²) in [5, 5.41) is 8.81. The zero-order valence-corrected chi connectivity index (χ0v) is 15.5. The molecule has 2 aromatic carbocycles. The summed E-state index contributed by atoms with van der Waals surface area (Å²) in [5.41, 5.74) is -4.48. The van der Waals surface area contributed by atoms with Gasteiger partial charge in [0.05, 0.1) is 15.6 Å². The number of allylic oxidation sites excluding steroid dienone is 1. The Morgan fingerprint density at radius 2 is 1.66 bits per heavy atom.